The molecule has 1 saturated carbocycles. The summed E-state index contributed by atoms with van der Waals surface area (Å²) in [6.45, 7) is 3.92. The molecule has 1 aliphatic heterocycles. The Labute approximate surface area is 89.5 Å². The largest absolute Gasteiger partial charge is 0.748 e. The lowest BCUT2D eigenvalue weighted by Crippen LogP contribution is -2.30. The van der Waals surface area contributed by atoms with Gasteiger partial charge in [0.2, 0.25) is 0 Å². The van der Waals surface area contributed by atoms with Crippen molar-refractivity contribution in [2.45, 2.75) is 49.7 Å². The lowest BCUT2D eigenvalue weighted by Gasteiger charge is -2.23. The minimum Gasteiger partial charge on any atom is -0.748 e. The van der Waals surface area contributed by atoms with Crippen LogP contribution in [0.2, 0.25) is 0 Å². The fraction of sp³-hybridized carbons (Fsp3) is 1.00. The predicted octanol–water partition coefficient (Wildman–Crippen LogP) is 0.606. The van der Waals surface area contributed by atoms with Gasteiger partial charge in [0.25, 0.3) is 0 Å². The van der Waals surface area contributed by atoms with Crippen molar-refractivity contribution in [1.29, 1.82) is 0 Å². The van der Waals surface area contributed by atoms with Crippen molar-refractivity contribution in [1.82, 2.24) is 0 Å². The Bertz CT molecular complexity index is 355. The quantitative estimate of drug-likeness (QED) is 0.670. The molecule has 1 saturated heterocycles. The molecule has 0 spiro atoms. The van der Waals surface area contributed by atoms with Gasteiger partial charge in [-0.3, -0.25) is 0 Å². The van der Waals surface area contributed by atoms with Gasteiger partial charge in [-0.2, -0.15) is 0 Å². The van der Waals surface area contributed by atoms with E-state index in [4.69, 9.17) is 9.47 Å². The van der Waals surface area contributed by atoms with E-state index < -0.39 is 20.7 Å². The van der Waals surface area contributed by atoms with Gasteiger partial charge in [-0.15, -0.1) is 0 Å². The van der Waals surface area contributed by atoms with E-state index in [1.807, 2.05) is 0 Å². The second-order valence-corrected chi connectivity index (χ2v) is 6.57. The second kappa shape index (κ2) is 3.16. The van der Waals surface area contributed by atoms with Gasteiger partial charge in [0, 0.05) is 0 Å². The van der Waals surface area contributed by atoms with Gasteiger partial charge in [0.15, 0.2) is 5.79 Å². The maximum Gasteiger partial charge on any atom is 0.163 e. The molecule has 0 amide bonds. The third-order valence-electron chi connectivity index (χ3n) is 3.00. The molecule has 0 aromatic carbocycles. The van der Waals surface area contributed by atoms with Crippen molar-refractivity contribution in [3.63, 3.8) is 0 Å². The molecule has 2 fully saturated rings. The van der Waals surface area contributed by atoms with E-state index in [1.165, 1.54) is 0 Å². The van der Waals surface area contributed by atoms with E-state index in [0.29, 0.717) is 19.4 Å². The van der Waals surface area contributed by atoms with Crippen LogP contribution in [0.5, 0.6) is 0 Å². The standard InChI is InChI=1S/C9H16O5S/c1-8(2)13-6-7(14-8)5-9(3-4-9)15(10,11)12/h7H,3-6H2,1-2H3,(H,10,11,12)/p-1/t7-/m0/s1. The van der Waals surface area contributed by atoms with E-state index in [9.17, 15) is 13.0 Å². The van der Waals surface area contributed by atoms with Crippen molar-refractivity contribution >= 4 is 10.1 Å². The first-order valence-electron chi connectivity index (χ1n) is 5.01. The highest BCUT2D eigenvalue weighted by atomic mass is 32.2. The molecular formula is C9H15O5S-. The normalized spacial score (nSPS) is 32.9. The van der Waals surface area contributed by atoms with Gasteiger partial charge in [0.05, 0.1) is 17.5 Å². The molecule has 0 aromatic rings. The van der Waals surface area contributed by atoms with E-state index in [-0.39, 0.29) is 12.5 Å². The molecular weight excluding hydrogens is 220 g/mol. The van der Waals surface area contributed by atoms with Gasteiger partial charge in [-0.1, -0.05) is 0 Å². The number of rotatable bonds is 3. The fourth-order valence-electron chi connectivity index (χ4n) is 1.97. The summed E-state index contributed by atoms with van der Waals surface area (Å²) in [5.74, 6) is -0.659. The molecule has 88 valence electrons. The third kappa shape index (κ3) is 2.18. The fourth-order valence-corrected chi connectivity index (χ4v) is 2.97. The van der Waals surface area contributed by atoms with E-state index in [0.717, 1.165) is 0 Å². The zero-order valence-electron chi connectivity index (χ0n) is 8.86. The predicted molar refractivity (Wildman–Crippen MR) is 51.2 cm³/mol. The summed E-state index contributed by atoms with van der Waals surface area (Å²) in [4.78, 5) is 0. The van der Waals surface area contributed by atoms with Crippen LogP contribution in [0, 0.1) is 0 Å². The zero-order chi connectivity index (χ0) is 11.3. The van der Waals surface area contributed by atoms with E-state index in [1.54, 1.807) is 13.8 Å². The molecule has 0 radical (unpaired) electrons. The van der Waals surface area contributed by atoms with Crippen molar-refractivity contribution < 1.29 is 22.4 Å². The summed E-state index contributed by atoms with van der Waals surface area (Å²) in [6, 6.07) is 0. The molecule has 0 bridgehead atoms. The van der Waals surface area contributed by atoms with Crippen LogP contribution < -0.4 is 0 Å². The Morgan fingerprint density at radius 2 is 2.00 bits per heavy atom. The summed E-state index contributed by atoms with van der Waals surface area (Å²) < 4.78 is 42.8. The maximum atomic E-state index is 11.0. The highest BCUT2D eigenvalue weighted by Crippen LogP contribution is 2.48. The number of hydrogen-bond acceptors (Lipinski definition) is 5. The highest BCUT2D eigenvalue weighted by Gasteiger charge is 2.52. The summed E-state index contributed by atoms with van der Waals surface area (Å²) >= 11 is 0. The molecule has 2 rings (SSSR count). The number of ether oxygens (including phenoxy) is 2. The van der Waals surface area contributed by atoms with Crippen LogP contribution in [0.3, 0.4) is 0 Å². The zero-order valence-corrected chi connectivity index (χ0v) is 9.67. The molecule has 0 aromatic heterocycles. The monoisotopic (exact) mass is 235 g/mol. The molecule has 0 unspecified atom stereocenters. The Hall–Kier alpha value is -0.170. The van der Waals surface area contributed by atoms with Crippen LogP contribution in [0.25, 0.3) is 0 Å². The molecule has 0 N–H and O–H groups in total. The lowest BCUT2D eigenvalue weighted by molar-refractivity contribution is -0.139. The Morgan fingerprint density at radius 1 is 1.40 bits per heavy atom. The Balaban J connectivity index is 2.00. The van der Waals surface area contributed by atoms with E-state index in [2.05, 4.69) is 0 Å². The molecule has 2 aliphatic rings. The molecule has 1 aliphatic carbocycles. The van der Waals surface area contributed by atoms with Gasteiger partial charge < -0.3 is 14.0 Å². The summed E-state index contributed by atoms with van der Waals surface area (Å²) in [7, 11) is -4.20. The first kappa shape index (κ1) is 11.3. The minimum atomic E-state index is -4.20. The Morgan fingerprint density at radius 3 is 2.33 bits per heavy atom. The summed E-state index contributed by atoms with van der Waals surface area (Å²) in [5, 5.41) is 0. The lowest BCUT2D eigenvalue weighted by atomic mass is 10.2. The third-order valence-corrected chi connectivity index (χ3v) is 4.64. The van der Waals surface area contributed by atoms with Crippen molar-refractivity contribution in [3.8, 4) is 0 Å². The smallest absolute Gasteiger partial charge is 0.163 e. The van der Waals surface area contributed by atoms with Crippen LogP contribution in [0.1, 0.15) is 33.1 Å². The van der Waals surface area contributed by atoms with Crippen molar-refractivity contribution in [2.24, 2.45) is 0 Å². The molecule has 6 heteroatoms. The van der Waals surface area contributed by atoms with Crippen molar-refractivity contribution in [3.05, 3.63) is 0 Å². The van der Waals surface area contributed by atoms with Gasteiger partial charge >= 0.3 is 0 Å². The average Bonchev–Trinajstić information content (AvgIpc) is 2.73. The Kier molecular flexibility index (Phi) is 2.39. The van der Waals surface area contributed by atoms with Crippen LogP contribution in [-0.4, -0.2) is 36.2 Å². The van der Waals surface area contributed by atoms with Crippen LogP contribution >= 0.6 is 0 Å². The van der Waals surface area contributed by atoms with Crippen LogP contribution in [-0.2, 0) is 19.6 Å². The van der Waals surface area contributed by atoms with Gasteiger partial charge in [-0.05, 0) is 33.1 Å². The van der Waals surface area contributed by atoms with Crippen LogP contribution in [0.4, 0.5) is 0 Å². The highest BCUT2D eigenvalue weighted by molar-refractivity contribution is 7.87. The molecule has 5 nitrogen and oxygen atoms in total. The van der Waals surface area contributed by atoms with Gasteiger partial charge in [-0.25, -0.2) is 8.42 Å². The first-order chi connectivity index (χ1) is 6.74. The topological polar surface area (TPSA) is 75.7 Å². The molecule has 1 atom stereocenters. The first-order valence-corrected chi connectivity index (χ1v) is 6.42. The van der Waals surface area contributed by atoms with Crippen molar-refractivity contribution in [2.75, 3.05) is 6.61 Å². The number of hydrogen-bond donors (Lipinski definition) is 0. The second-order valence-electron chi connectivity index (χ2n) is 4.79. The van der Waals surface area contributed by atoms with Crippen LogP contribution in [0.15, 0.2) is 0 Å². The van der Waals surface area contributed by atoms with Gasteiger partial charge in [0.1, 0.15) is 10.1 Å². The summed E-state index contributed by atoms with van der Waals surface area (Å²) in [5.41, 5.74) is 0. The maximum absolute atomic E-state index is 11.0. The average molecular weight is 235 g/mol. The molecule has 1 heterocycles. The molecule has 15 heavy (non-hydrogen) atoms. The minimum absolute atomic E-state index is 0.266. The summed E-state index contributed by atoms with van der Waals surface area (Å²) in [6.07, 6.45) is 0.909. The van der Waals surface area contributed by atoms with E-state index >= 15 is 0 Å². The SMILES string of the molecule is CC1(C)OC[C@H](CC2(S(=O)(=O)[O-])CC2)O1.